The van der Waals surface area contributed by atoms with Crippen LogP contribution >= 0.6 is 11.8 Å². The summed E-state index contributed by atoms with van der Waals surface area (Å²) in [5.74, 6) is 0. The lowest BCUT2D eigenvalue weighted by atomic mass is 10.1. The van der Waals surface area contributed by atoms with Crippen LogP contribution in [-0.4, -0.2) is 70.6 Å². The number of nitro benzene ring substituents is 1. The Labute approximate surface area is 160 Å². The van der Waals surface area contributed by atoms with E-state index < -0.39 is 0 Å². The van der Waals surface area contributed by atoms with Crippen molar-refractivity contribution < 1.29 is 21.8 Å². The summed E-state index contributed by atoms with van der Waals surface area (Å²) in [6, 6.07) is 7.06. The van der Waals surface area contributed by atoms with Crippen molar-refractivity contribution in [1.29, 1.82) is 0 Å². The molecule has 5 nitrogen and oxygen atoms in total. The Bertz CT molecular complexity index is 581. The number of halogens is 1. The van der Waals surface area contributed by atoms with Gasteiger partial charge in [0.05, 0.1) is 41.6 Å². The number of hydrogen-bond acceptors (Lipinski definition) is 4. The average Bonchev–Trinajstić information content (AvgIpc) is 2.53. The largest absolute Gasteiger partial charge is 1.00 e. The molecule has 0 saturated carbocycles. The summed E-state index contributed by atoms with van der Waals surface area (Å²) in [7, 11) is 0. The minimum Gasteiger partial charge on any atom is -1.00 e. The van der Waals surface area contributed by atoms with Crippen LogP contribution in [0.5, 0.6) is 0 Å². The minimum absolute atomic E-state index is 0. The third-order valence-corrected chi connectivity index (χ3v) is 6.60. The molecule has 1 spiro atoms. The van der Waals surface area contributed by atoms with Crippen molar-refractivity contribution in [3.05, 3.63) is 39.9 Å². The molecule has 0 aromatic heterocycles. The number of piperazine rings is 1. The predicted octanol–water partition coefficient (Wildman–Crippen LogP) is -0.202. The molecule has 2 fully saturated rings. The Kier molecular flexibility index (Phi) is 7.14. The molecule has 2 aliphatic rings. The van der Waals surface area contributed by atoms with Crippen LogP contribution in [0.15, 0.2) is 24.3 Å². The number of nitro groups is 1. The molecule has 3 rings (SSSR count). The highest BCUT2D eigenvalue weighted by atomic mass is 35.5. The molecule has 2 aliphatic heterocycles. The Hall–Kier alpha value is -0.820. The summed E-state index contributed by atoms with van der Waals surface area (Å²) in [5, 5.41) is 12.4. The number of quaternary nitrogens is 1. The summed E-state index contributed by atoms with van der Waals surface area (Å²) in [6.07, 6.45) is 0.893. The van der Waals surface area contributed by atoms with Crippen LogP contribution in [0.4, 0.5) is 5.69 Å². The molecule has 0 aliphatic carbocycles. The van der Waals surface area contributed by atoms with Crippen LogP contribution in [-0.2, 0) is 6.42 Å². The first-order valence-corrected chi connectivity index (χ1v) is 9.86. The summed E-state index contributed by atoms with van der Waals surface area (Å²) in [6.45, 7) is 13.2. The van der Waals surface area contributed by atoms with Gasteiger partial charge in [-0.3, -0.25) is 15.0 Å². The molecule has 0 bridgehead atoms. The number of benzene rings is 1. The van der Waals surface area contributed by atoms with Gasteiger partial charge in [-0.1, -0.05) is 12.1 Å². The van der Waals surface area contributed by atoms with Crippen molar-refractivity contribution in [2.24, 2.45) is 0 Å². The van der Waals surface area contributed by atoms with Gasteiger partial charge in [0.15, 0.2) is 0 Å². The fraction of sp³-hybridized carbons (Fsp3) is 0.667. The van der Waals surface area contributed by atoms with Crippen molar-refractivity contribution in [2.75, 3.05) is 45.8 Å². The van der Waals surface area contributed by atoms with E-state index in [9.17, 15) is 10.1 Å². The normalized spacial score (nSPS) is 26.2. The van der Waals surface area contributed by atoms with Crippen LogP contribution in [0.25, 0.3) is 0 Å². The standard InChI is InChI=1S/C18H28N3O2S.ClH/c1-15-13-21(14-16(2)24-15)10-8-19(9-11-21)7-6-17-4-3-5-18(12-17)20(22)23;/h3-5,12,15-16H,6-11,13-14H2,1-2H3;1H/q+1;/p-1. The van der Waals surface area contributed by atoms with Gasteiger partial charge >= 0.3 is 0 Å². The van der Waals surface area contributed by atoms with Crippen LogP contribution in [0, 0.1) is 10.1 Å². The molecule has 0 N–H and O–H groups in total. The average molecular weight is 386 g/mol. The second kappa shape index (κ2) is 8.71. The zero-order valence-corrected chi connectivity index (χ0v) is 16.6. The van der Waals surface area contributed by atoms with Gasteiger partial charge in [-0.25, -0.2) is 0 Å². The molecule has 140 valence electrons. The summed E-state index contributed by atoms with van der Waals surface area (Å²) in [4.78, 5) is 13.1. The van der Waals surface area contributed by atoms with Crippen molar-refractivity contribution in [3.63, 3.8) is 0 Å². The molecular weight excluding hydrogens is 358 g/mol. The first-order valence-electron chi connectivity index (χ1n) is 8.92. The molecule has 0 radical (unpaired) electrons. The number of thioether (sulfide) groups is 1. The highest BCUT2D eigenvalue weighted by Crippen LogP contribution is 2.31. The van der Waals surface area contributed by atoms with Crippen LogP contribution < -0.4 is 12.4 Å². The van der Waals surface area contributed by atoms with Crippen LogP contribution in [0.1, 0.15) is 19.4 Å². The molecule has 2 unspecified atom stereocenters. The molecule has 2 heterocycles. The zero-order chi connectivity index (χ0) is 17.2. The van der Waals surface area contributed by atoms with E-state index in [0.29, 0.717) is 0 Å². The summed E-state index contributed by atoms with van der Waals surface area (Å²) < 4.78 is 1.29. The second-order valence-corrected chi connectivity index (χ2v) is 9.31. The van der Waals surface area contributed by atoms with Gasteiger partial charge in [0.1, 0.15) is 0 Å². The fourth-order valence-electron chi connectivity index (χ4n) is 4.28. The monoisotopic (exact) mass is 385 g/mol. The van der Waals surface area contributed by atoms with Crippen molar-refractivity contribution in [2.45, 2.75) is 30.8 Å². The number of rotatable bonds is 4. The Morgan fingerprint density at radius 1 is 1.24 bits per heavy atom. The van der Waals surface area contributed by atoms with Gasteiger partial charge in [0.25, 0.3) is 5.69 Å². The summed E-state index contributed by atoms with van der Waals surface area (Å²) >= 11 is 2.14. The highest BCUT2D eigenvalue weighted by molar-refractivity contribution is 8.00. The highest BCUT2D eigenvalue weighted by Gasteiger charge is 2.39. The lowest BCUT2D eigenvalue weighted by molar-refractivity contribution is -0.932. The molecule has 2 atom stereocenters. The molecular formula is C18H28ClN3O2S. The Balaban J connectivity index is 0.00000225. The maximum absolute atomic E-state index is 10.9. The molecule has 2 saturated heterocycles. The molecule has 1 aromatic carbocycles. The van der Waals surface area contributed by atoms with Crippen molar-refractivity contribution in [3.8, 4) is 0 Å². The topological polar surface area (TPSA) is 46.4 Å². The molecule has 7 heteroatoms. The maximum Gasteiger partial charge on any atom is 0.269 e. The van der Waals surface area contributed by atoms with E-state index in [2.05, 4.69) is 30.5 Å². The lowest BCUT2D eigenvalue weighted by Gasteiger charge is -2.50. The Morgan fingerprint density at radius 3 is 2.48 bits per heavy atom. The van der Waals surface area contributed by atoms with Crippen molar-refractivity contribution in [1.82, 2.24) is 4.90 Å². The van der Waals surface area contributed by atoms with E-state index >= 15 is 0 Å². The van der Waals surface area contributed by atoms with E-state index in [1.165, 1.54) is 30.7 Å². The SMILES string of the molecule is CC1C[N+]2(CCN(CCc3cccc([N+](=O)[O-])c3)CC2)CC(C)S1.[Cl-]. The van der Waals surface area contributed by atoms with E-state index in [1.807, 2.05) is 6.07 Å². The Morgan fingerprint density at radius 2 is 1.88 bits per heavy atom. The maximum atomic E-state index is 10.9. The predicted molar refractivity (Wildman–Crippen MR) is 99.5 cm³/mol. The van der Waals surface area contributed by atoms with Crippen LogP contribution in [0.2, 0.25) is 0 Å². The zero-order valence-electron chi connectivity index (χ0n) is 15.1. The van der Waals surface area contributed by atoms with Crippen LogP contribution in [0.3, 0.4) is 0 Å². The molecule has 25 heavy (non-hydrogen) atoms. The van der Waals surface area contributed by atoms with Gasteiger partial charge in [0, 0.05) is 31.8 Å². The smallest absolute Gasteiger partial charge is 0.269 e. The number of hydrogen-bond donors (Lipinski definition) is 0. The van der Waals surface area contributed by atoms with E-state index in [0.717, 1.165) is 42.1 Å². The number of nitrogens with zero attached hydrogens (tertiary/aromatic N) is 3. The number of non-ortho nitro benzene ring substituents is 1. The van der Waals surface area contributed by atoms with E-state index in [4.69, 9.17) is 0 Å². The first-order chi connectivity index (χ1) is 11.5. The fourth-order valence-corrected chi connectivity index (χ4v) is 5.88. The molecule has 0 amide bonds. The van der Waals surface area contributed by atoms with Gasteiger partial charge < -0.3 is 16.9 Å². The van der Waals surface area contributed by atoms with E-state index in [1.54, 1.807) is 18.2 Å². The lowest BCUT2D eigenvalue weighted by Crippen LogP contribution is -3.00. The third-order valence-electron chi connectivity index (χ3n) is 5.37. The first kappa shape index (κ1) is 20.5. The van der Waals surface area contributed by atoms with Gasteiger partial charge in [-0.2, -0.15) is 0 Å². The minimum atomic E-state index is -0.310. The van der Waals surface area contributed by atoms with Gasteiger partial charge in [-0.05, 0) is 25.8 Å². The molecule has 1 aromatic rings. The van der Waals surface area contributed by atoms with Gasteiger partial charge in [0.2, 0.25) is 0 Å². The van der Waals surface area contributed by atoms with Crippen molar-refractivity contribution >= 4 is 17.4 Å². The second-order valence-electron chi connectivity index (χ2n) is 7.43. The summed E-state index contributed by atoms with van der Waals surface area (Å²) in [5.41, 5.74) is 1.26. The quantitative estimate of drug-likeness (QED) is 0.409. The van der Waals surface area contributed by atoms with E-state index in [-0.39, 0.29) is 23.0 Å². The van der Waals surface area contributed by atoms with Gasteiger partial charge in [-0.15, -0.1) is 11.8 Å². The third kappa shape index (κ3) is 5.33.